The highest BCUT2D eigenvalue weighted by Crippen LogP contribution is 2.27. The number of nitrogens with zero attached hydrogens (tertiary/aromatic N) is 1. The number of hydrogen-bond acceptors (Lipinski definition) is 4. The number of ether oxygens (including phenoxy) is 1. The van der Waals surface area contributed by atoms with E-state index >= 15 is 0 Å². The van der Waals surface area contributed by atoms with E-state index in [-0.39, 0.29) is 5.82 Å². The Morgan fingerprint density at radius 2 is 2.32 bits per heavy atom. The largest absolute Gasteiger partial charge is 0.487 e. The van der Waals surface area contributed by atoms with Crippen LogP contribution >= 0.6 is 27.3 Å². The van der Waals surface area contributed by atoms with Gasteiger partial charge in [0.15, 0.2) is 5.13 Å². The summed E-state index contributed by atoms with van der Waals surface area (Å²) in [6.45, 7) is 3.45. The van der Waals surface area contributed by atoms with Crippen LogP contribution in [0.15, 0.2) is 28.9 Å². The monoisotopic (exact) mass is 344 g/mol. The summed E-state index contributed by atoms with van der Waals surface area (Å²) in [5, 5.41) is 4.13. The predicted molar refractivity (Wildman–Crippen MR) is 79.3 cm³/mol. The van der Waals surface area contributed by atoms with Gasteiger partial charge in [-0.1, -0.05) is 18.3 Å². The third kappa shape index (κ3) is 4.18. The lowest BCUT2D eigenvalue weighted by atomic mass is 10.3. The number of thiazole rings is 1. The zero-order chi connectivity index (χ0) is 13.7. The van der Waals surface area contributed by atoms with Crippen molar-refractivity contribution in [1.82, 2.24) is 4.98 Å². The second-order valence-corrected chi connectivity index (χ2v) is 5.89. The lowest BCUT2D eigenvalue weighted by Gasteiger charge is -2.06. The van der Waals surface area contributed by atoms with Gasteiger partial charge in [-0.2, -0.15) is 0 Å². The molecule has 1 N–H and O–H groups in total. The van der Waals surface area contributed by atoms with Gasteiger partial charge in [0.25, 0.3) is 0 Å². The highest BCUT2D eigenvalue weighted by molar-refractivity contribution is 9.10. The summed E-state index contributed by atoms with van der Waals surface area (Å²) in [6.07, 6.45) is 2.86. The van der Waals surface area contributed by atoms with E-state index in [9.17, 15) is 4.39 Å². The molecule has 6 heteroatoms. The summed E-state index contributed by atoms with van der Waals surface area (Å²) in [4.78, 5) is 5.28. The maximum absolute atomic E-state index is 12.9. The van der Waals surface area contributed by atoms with Crippen molar-refractivity contribution in [2.45, 2.75) is 20.0 Å². The first kappa shape index (κ1) is 14.3. The Kier molecular flexibility index (Phi) is 5.15. The second-order valence-electron chi connectivity index (χ2n) is 3.92. The molecule has 0 spiro atoms. The fourth-order valence-electron chi connectivity index (χ4n) is 1.43. The third-order valence-corrected chi connectivity index (χ3v) is 3.89. The summed E-state index contributed by atoms with van der Waals surface area (Å²) in [5.41, 5.74) is 0. The molecule has 3 nitrogen and oxygen atoms in total. The molecule has 19 heavy (non-hydrogen) atoms. The van der Waals surface area contributed by atoms with Crippen molar-refractivity contribution in [3.8, 4) is 5.75 Å². The van der Waals surface area contributed by atoms with Gasteiger partial charge in [-0.15, -0.1) is 0 Å². The number of halogens is 2. The molecule has 0 atom stereocenters. The fourth-order valence-corrected chi connectivity index (χ4v) is 2.65. The van der Waals surface area contributed by atoms with E-state index in [1.54, 1.807) is 23.6 Å². The first-order valence-electron chi connectivity index (χ1n) is 5.95. The molecule has 0 fully saturated rings. The van der Waals surface area contributed by atoms with E-state index in [4.69, 9.17) is 4.74 Å². The topological polar surface area (TPSA) is 34.2 Å². The van der Waals surface area contributed by atoms with Gasteiger partial charge in [0, 0.05) is 12.7 Å². The maximum Gasteiger partial charge on any atom is 0.182 e. The number of rotatable bonds is 6. The van der Waals surface area contributed by atoms with Gasteiger partial charge < -0.3 is 10.1 Å². The van der Waals surface area contributed by atoms with E-state index in [2.05, 4.69) is 33.2 Å². The Bertz CT molecular complexity index is 547. The minimum Gasteiger partial charge on any atom is -0.487 e. The van der Waals surface area contributed by atoms with E-state index in [1.807, 2.05) is 0 Å². The Morgan fingerprint density at radius 3 is 3.05 bits per heavy atom. The third-order valence-electron chi connectivity index (χ3n) is 2.34. The van der Waals surface area contributed by atoms with Crippen LogP contribution in [0.1, 0.15) is 18.2 Å². The van der Waals surface area contributed by atoms with Gasteiger partial charge in [-0.25, -0.2) is 9.37 Å². The molecule has 0 aliphatic carbocycles. The molecule has 1 heterocycles. The molecule has 0 unspecified atom stereocenters. The highest BCUT2D eigenvalue weighted by Gasteiger charge is 2.05. The molecule has 102 valence electrons. The first-order chi connectivity index (χ1) is 9.19. The molecule has 0 saturated carbocycles. The Hall–Kier alpha value is -1.14. The molecular weight excluding hydrogens is 331 g/mol. The molecule has 0 saturated heterocycles. The maximum atomic E-state index is 12.9. The zero-order valence-electron chi connectivity index (χ0n) is 10.5. The molecule has 0 radical (unpaired) electrons. The quantitative estimate of drug-likeness (QED) is 0.840. The average Bonchev–Trinajstić information content (AvgIpc) is 2.83. The van der Waals surface area contributed by atoms with Crippen molar-refractivity contribution < 1.29 is 9.13 Å². The van der Waals surface area contributed by atoms with E-state index < -0.39 is 0 Å². The van der Waals surface area contributed by atoms with Crippen molar-refractivity contribution in [2.24, 2.45) is 0 Å². The van der Waals surface area contributed by atoms with Crippen LogP contribution in [0, 0.1) is 5.82 Å². The van der Waals surface area contributed by atoms with Crippen molar-refractivity contribution in [3.05, 3.63) is 39.6 Å². The smallest absolute Gasteiger partial charge is 0.182 e. The standard InChI is InChI=1S/C13H14BrFN2OS/c1-2-5-16-13-17-7-10(19-13)8-18-12-4-3-9(15)6-11(12)14/h3-4,6-7H,2,5,8H2,1H3,(H,16,17). The second kappa shape index (κ2) is 6.86. The van der Waals surface area contributed by atoms with Gasteiger partial charge in [0.2, 0.25) is 0 Å². The molecule has 2 rings (SSSR count). The van der Waals surface area contributed by atoms with Gasteiger partial charge in [-0.3, -0.25) is 0 Å². The van der Waals surface area contributed by atoms with Crippen LogP contribution in [0.2, 0.25) is 0 Å². The van der Waals surface area contributed by atoms with Crippen molar-refractivity contribution in [3.63, 3.8) is 0 Å². The van der Waals surface area contributed by atoms with Crippen molar-refractivity contribution in [2.75, 3.05) is 11.9 Å². The SMILES string of the molecule is CCCNc1ncc(COc2ccc(F)cc2Br)s1. The molecule has 0 aliphatic rings. The summed E-state index contributed by atoms with van der Waals surface area (Å²) < 4.78 is 19.2. The van der Waals surface area contributed by atoms with Gasteiger partial charge in [0.05, 0.1) is 9.35 Å². The summed E-state index contributed by atoms with van der Waals surface area (Å²) in [7, 11) is 0. The molecule has 0 amide bonds. The molecule has 1 aromatic heterocycles. The lowest BCUT2D eigenvalue weighted by molar-refractivity contribution is 0.307. The van der Waals surface area contributed by atoms with Crippen LogP contribution in [0.5, 0.6) is 5.75 Å². The zero-order valence-corrected chi connectivity index (χ0v) is 12.9. The molecule has 0 aliphatic heterocycles. The van der Waals surface area contributed by atoms with Crippen LogP contribution in [-0.4, -0.2) is 11.5 Å². The number of anilines is 1. The summed E-state index contributed by atoms with van der Waals surface area (Å²) in [5.74, 6) is 0.334. The summed E-state index contributed by atoms with van der Waals surface area (Å²) in [6, 6.07) is 4.37. The number of benzene rings is 1. The minimum atomic E-state index is -0.289. The van der Waals surface area contributed by atoms with Crippen molar-refractivity contribution in [1.29, 1.82) is 0 Å². The predicted octanol–water partition coefficient (Wildman–Crippen LogP) is 4.45. The Balaban J connectivity index is 1.92. The van der Waals surface area contributed by atoms with Gasteiger partial charge in [0.1, 0.15) is 18.2 Å². The average molecular weight is 345 g/mol. The normalized spacial score (nSPS) is 10.5. The number of hydrogen-bond donors (Lipinski definition) is 1. The first-order valence-corrected chi connectivity index (χ1v) is 7.56. The van der Waals surface area contributed by atoms with Gasteiger partial charge in [-0.05, 0) is 40.5 Å². The van der Waals surface area contributed by atoms with Crippen LogP contribution in [0.4, 0.5) is 9.52 Å². The number of nitrogens with one attached hydrogen (secondary N) is 1. The lowest BCUT2D eigenvalue weighted by Crippen LogP contribution is -1.98. The molecule has 0 bridgehead atoms. The summed E-state index contributed by atoms with van der Waals surface area (Å²) >= 11 is 4.83. The molecular formula is C13H14BrFN2OS. The van der Waals surface area contributed by atoms with Crippen LogP contribution in [0.25, 0.3) is 0 Å². The van der Waals surface area contributed by atoms with Crippen LogP contribution in [0.3, 0.4) is 0 Å². The van der Waals surface area contributed by atoms with Crippen molar-refractivity contribution >= 4 is 32.4 Å². The Morgan fingerprint density at radius 1 is 1.47 bits per heavy atom. The number of aromatic nitrogens is 1. The van der Waals surface area contributed by atoms with Gasteiger partial charge >= 0.3 is 0 Å². The minimum absolute atomic E-state index is 0.289. The molecule has 2 aromatic rings. The van der Waals surface area contributed by atoms with E-state index in [0.29, 0.717) is 16.8 Å². The van der Waals surface area contributed by atoms with E-state index in [1.165, 1.54) is 12.1 Å². The van der Waals surface area contributed by atoms with E-state index in [0.717, 1.165) is 23.0 Å². The van der Waals surface area contributed by atoms with Crippen LogP contribution in [-0.2, 0) is 6.61 Å². The fraction of sp³-hybridized carbons (Fsp3) is 0.308. The Labute approximate surface area is 124 Å². The highest BCUT2D eigenvalue weighted by atomic mass is 79.9. The molecule has 1 aromatic carbocycles. The van der Waals surface area contributed by atoms with Crippen LogP contribution < -0.4 is 10.1 Å².